The topological polar surface area (TPSA) is 71.3 Å². The summed E-state index contributed by atoms with van der Waals surface area (Å²) >= 11 is 0. The third-order valence-corrected chi connectivity index (χ3v) is 4.99. The molecule has 1 amide bonds. The molecule has 0 spiro atoms. The third-order valence-electron chi connectivity index (χ3n) is 4.99. The van der Waals surface area contributed by atoms with E-state index >= 15 is 0 Å². The lowest BCUT2D eigenvalue weighted by Crippen LogP contribution is -2.46. The molecule has 1 saturated heterocycles. The Labute approximate surface area is 159 Å². The summed E-state index contributed by atoms with van der Waals surface area (Å²) in [5.41, 5.74) is 1.14. The van der Waals surface area contributed by atoms with Crippen molar-refractivity contribution in [3.8, 4) is 11.4 Å². The van der Waals surface area contributed by atoms with E-state index in [0.29, 0.717) is 41.7 Å². The van der Waals surface area contributed by atoms with Gasteiger partial charge in [-0.3, -0.25) is 4.79 Å². The van der Waals surface area contributed by atoms with E-state index < -0.39 is 0 Å². The number of nitrogens with zero attached hydrogens (tertiary/aromatic N) is 3. The van der Waals surface area contributed by atoms with Gasteiger partial charge in [-0.25, -0.2) is 4.39 Å². The first-order valence-corrected chi connectivity index (χ1v) is 9.67. The van der Waals surface area contributed by atoms with E-state index in [1.807, 2.05) is 4.90 Å². The van der Waals surface area contributed by atoms with Crippen LogP contribution >= 0.6 is 0 Å². The Morgan fingerprint density at radius 1 is 1.37 bits per heavy atom. The molecule has 1 fully saturated rings. The van der Waals surface area contributed by atoms with Crippen LogP contribution in [0, 0.1) is 12.7 Å². The number of carbonyl (C=O) groups excluding carboxylic acids is 1. The van der Waals surface area contributed by atoms with Crippen molar-refractivity contribution in [3.05, 3.63) is 35.5 Å². The van der Waals surface area contributed by atoms with E-state index in [9.17, 15) is 9.18 Å². The Morgan fingerprint density at radius 2 is 2.15 bits per heavy atom. The standard InChI is InChI=1S/C20H27FN4O2/c1-3-12-25(16-8-10-22-11-9-16)19(26)7-6-18-23-20(24-27-18)15-5-4-14(2)17(21)13-15/h4-5,13,16,22H,3,6-12H2,1-2H3. The van der Waals surface area contributed by atoms with Crippen molar-refractivity contribution < 1.29 is 13.7 Å². The predicted molar refractivity (Wildman–Crippen MR) is 101 cm³/mol. The molecule has 0 unspecified atom stereocenters. The van der Waals surface area contributed by atoms with Gasteiger partial charge >= 0.3 is 0 Å². The van der Waals surface area contributed by atoms with Gasteiger partial charge in [0.25, 0.3) is 0 Å². The molecule has 1 aromatic heterocycles. The number of nitrogens with one attached hydrogen (secondary N) is 1. The van der Waals surface area contributed by atoms with Gasteiger partial charge in [-0.1, -0.05) is 24.2 Å². The maximum atomic E-state index is 13.7. The van der Waals surface area contributed by atoms with Crippen LogP contribution in [0.2, 0.25) is 0 Å². The first-order valence-electron chi connectivity index (χ1n) is 9.67. The van der Waals surface area contributed by atoms with Crippen LogP contribution in [0.15, 0.2) is 22.7 Å². The van der Waals surface area contributed by atoms with Crippen LogP contribution in [0.1, 0.15) is 44.1 Å². The fraction of sp³-hybridized carbons (Fsp3) is 0.550. The predicted octanol–water partition coefficient (Wildman–Crippen LogP) is 3.11. The van der Waals surface area contributed by atoms with Crippen molar-refractivity contribution in [1.82, 2.24) is 20.4 Å². The summed E-state index contributed by atoms with van der Waals surface area (Å²) in [6.45, 7) is 6.49. The van der Waals surface area contributed by atoms with Crippen LogP contribution in [0.5, 0.6) is 0 Å². The second kappa shape index (κ2) is 9.08. The fourth-order valence-corrected chi connectivity index (χ4v) is 3.43. The normalized spacial score (nSPS) is 15.1. The second-order valence-corrected chi connectivity index (χ2v) is 7.04. The molecule has 1 N–H and O–H groups in total. The molecule has 0 aliphatic carbocycles. The maximum absolute atomic E-state index is 13.7. The average Bonchev–Trinajstić information content (AvgIpc) is 3.16. The molecule has 1 aliphatic heterocycles. The number of hydrogen-bond acceptors (Lipinski definition) is 5. The van der Waals surface area contributed by atoms with Crippen molar-refractivity contribution in [3.63, 3.8) is 0 Å². The lowest BCUT2D eigenvalue weighted by atomic mass is 10.0. The van der Waals surface area contributed by atoms with E-state index in [0.717, 1.165) is 38.9 Å². The molecule has 1 aliphatic rings. The van der Waals surface area contributed by atoms with Crippen molar-refractivity contribution in [2.75, 3.05) is 19.6 Å². The van der Waals surface area contributed by atoms with Gasteiger partial charge in [0.2, 0.25) is 17.6 Å². The second-order valence-electron chi connectivity index (χ2n) is 7.04. The number of hydrogen-bond donors (Lipinski definition) is 1. The largest absolute Gasteiger partial charge is 0.340 e. The minimum atomic E-state index is -0.300. The number of amides is 1. The Bertz CT molecular complexity index is 771. The number of benzene rings is 1. The van der Waals surface area contributed by atoms with Gasteiger partial charge in [-0.15, -0.1) is 0 Å². The Kier molecular flexibility index (Phi) is 6.55. The molecule has 27 heavy (non-hydrogen) atoms. The molecule has 0 bridgehead atoms. The van der Waals surface area contributed by atoms with E-state index in [2.05, 4.69) is 22.4 Å². The lowest BCUT2D eigenvalue weighted by molar-refractivity contribution is -0.134. The highest BCUT2D eigenvalue weighted by Gasteiger charge is 2.24. The van der Waals surface area contributed by atoms with E-state index in [1.165, 1.54) is 6.07 Å². The first kappa shape index (κ1) is 19.5. The molecule has 2 heterocycles. The monoisotopic (exact) mass is 374 g/mol. The van der Waals surface area contributed by atoms with Crippen LogP contribution in [0.25, 0.3) is 11.4 Å². The van der Waals surface area contributed by atoms with Crippen molar-refractivity contribution >= 4 is 5.91 Å². The summed E-state index contributed by atoms with van der Waals surface area (Å²) in [6.07, 6.45) is 3.67. The minimum absolute atomic E-state index is 0.130. The summed E-state index contributed by atoms with van der Waals surface area (Å²) in [7, 11) is 0. The summed E-state index contributed by atoms with van der Waals surface area (Å²) in [4.78, 5) is 19.1. The van der Waals surface area contributed by atoms with Crippen molar-refractivity contribution in [2.24, 2.45) is 0 Å². The van der Waals surface area contributed by atoms with Gasteiger partial charge in [0.15, 0.2) is 0 Å². The zero-order valence-corrected chi connectivity index (χ0v) is 16.0. The highest BCUT2D eigenvalue weighted by Crippen LogP contribution is 2.20. The summed E-state index contributed by atoms with van der Waals surface area (Å²) in [5, 5.41) is 7.26. The number of halogens is 1. The van der Waals surface area contributed by atoms with Gasteiger partial charge in [0.1, 0.15) is 5.82 Å². The molecule has 0 atom stereocenters. The quantitative estimate of drug-likeness (QED) is 0.806. The van der Waals surface area contributed by atoms with E-state index in [4.69, 9.17) is 4.52 Å². The molecular formula is C20H27FN4O2. The van der Waals surface area contributed by atoms with E-state index in [1.54, 1.807) is 19.1 Å². The lowest BCUT2D eigenvalue weighted by Gasteiger charge is -2.34. The highest BCUT2D eigenvalue weighted by molar-refractivity contribution is 5.76. The molecule has 2 aromatic rings. The third kappa shape index (κ3) is 4.91. The van der Waals surface area contributed by atoms with Gasteiger partial charge in [-0.05, 0) is 50.9 Å². The first-order chi connectivity index (χ1) is 13.1. The van der Waals surface area contributed by atoms with Crippen molar-refractivity contribution in [1.29, 1.82) is 0 Å². The molecular weight excluding hydrogens is 347 g/mol. The number of aryl methyl sites for hydroxylation is 2. The number of aromatic nitrogens is 2. The molecule has 0 saturated carbocycles. The molecule has 146 valence electrons. The van der Waals surface area contributed by atoms with Crippen LogP contribution < -0.4 is 5.32 Å². The molecule has 1 aromatic carbocycles. The van der Waals surface area contributed by atoms with Crippen LogP contribution in [0.4, 0.5) is 4.39 Å². The van der Waals surface area contributed by atoms with Gasteiger partial charge in [0.05, 0.1) is 0 Å². The average molecular weight is 374 g/mol. The molecule has 6 nitrogen and oxygen atoms in total. The molecule has 0 radical (unpaired) electrons. The molecule has 3 rings (SSSR count). The zero-order valence-electron chi connectivity index (χ0n) is 16.0. The minimum Gasteiger partial charge on any atom is -0.340 e. The maximum Gasteiger partial charge on any atom is 0.227 e. The number of rotatable bonds is 7. The van der Waals surface area contributed by atoms with Crippen molar-refractivity contribution in [2.45, 2.75) is 52.0 Å². The van der Waals surface area contributed by atoms with Crippen LogP contribution in [-0.2, 0) is 11.2 Å². The molecule has 7 heteroatoms. The highest BCUT2D eigenvalue weighted by atomic mass is 19.1. The fourth-order valence-electron chi connectivity index (χ4n) is 3.43. The van der Waals surface area contributed by atoms with Gasteiger partial charge in [0, 0.05) is 31.0 Å². The number of piperidine rings is 1. The Morgan fingerprint density at radius 3 is 2.85 bits per heavy atom. The number of carbonyl (C=O) groups is 1. The smallest absolute Gasteiger partial charge is 0.227 e. The van der Waals surface area contributed by atoms with Gasteiger partial charge in [-0.2, -0.15) is 4.98 Å². The van der Waals surface area contributed by atoms with E-state index in [-0.39, 0.29) is 11.7 Å². The Hall–Kier alpha value is -2.28. The summed E-state index contributed by atoms with van der Waals surface area (Å²) < 4.78 is 19.0. The SMILES string of the molecule is CCCN(C(=O)CCc1nc(-c2ccc(C)c(F)c2)no1)C1CCNCC1. The summed E-state index contributed by atoms with van der Waals surface area (Å²) in [5.74, 6) is 0.581. The van der Waals surface area contributed by atoms with Gasteiger partial charge < -0.3 is 14.7 Å². The zero-order chi connectivity index (χ0) is 19.2. The van der Waals surface area contributed by atoms with Crippen LogP contribution in [-0.4, -0.2) is 46.6 Å². The van der Waals surface area contributed by atoms with Crippen LogP contribution in [0.3, 0.4) is 0 Å². The Balaban J connectivity index is 1.61. The summed E-state index contributed by atoms with van der Waals surface area (Å²) in [6, 6.07) is 5.16.